The van der Waals surface area contributed by atoms with Crippen molar-refractivity contribution in [1.29, 1.82) is 0 Å². The summed E-state index contributed by atoms with van der Waals surface area (Å²) in [7, 11) is 1.24. The Morgan fingerprint density at radius 2 is 1.85 bits per heavy atom. The van der Waals surface area contributed by atoms with Gasteiger partial charge < -0.3 is 14.9 Å². The number of ether oxygens (including phenoxy) is 1. The van der Waals surface area contributed by atoms with E-state index in [0.29, 0.717) is 22.3 Å². The van der Waals surface area contributed by atoms with E-state index in [1.807, 2.05) is 0 Å². The number of phenols is 1. The molecule has 0 aliphatic carbocycles. The molecule has 0 aromatic heterocycles. The minimum Gasteiger partial charge on any atom is -0.507 e. The van der Waals surface area contributed by atoms with E-state index in [0.717, 1.165) is 5.56 Å². The number of aryl methyl sites for hydroxylation is 1. The Kier molecular flexibility index (Phi) is 6.39. The molecule has 0 fully saturated rings. The zero-order valence-electron chi connectivity index (χ0n) is 15.2. The summed E-state index contributed by atoms with van der Waals surface area (Å²) in [5.41, 5.74) is 2.63. The summed E-state index contributed by atoms with van der Waals surface area (Å²) in [6.07, 6.45) is 0.446. The maximum atomic E-state index is 12.7. The third kappa shape index (κ3) is 3.87. The van der Waals surface area contributed by atoms with Crippen LogP contribution in [0.25, 0.3) is 11.3 Å². The van der Waals surface area contributed by atoms with Crippen LogP contribution in [0.3, 0.4) is 0 Å². The predicted octanol–water partition coefficient (Wildman–Crippen LogP) is 4.51. The maximum absolute atomic E-state index is 12.7. The normalized spacial score (nSPS) is 11.8. The third-order valence-corrected chi connectivity index (χ3v) is 4.42. The first-order valence-corrected chi connectivity index (χ1v) is 8.37. The quantitative estimate of drug-likeness (QED) is 0.345. The number of aliphatic hydroxyl groups excluding tert-OH is 1. The second-order valence-corrected chi connectivity index (χ2v) is 6.07. The van der Waals surface area contributed by atoms with E-state index in [-0.39, 0.29) is 29.9 Å². The summed E-state index contributed by atoms with van der Waals surface area (Å²) in [4.78, 5) is 12.3. The summed E-state index contributed by atoms with van der Waals surface area (Å²) in [5, 5.41) is 21.4. The Balaban J connectivity index is 2.76. The molecule has 2 N–H and O–H groups in total. The summed E-state index contributed by atoms with van der Waals surface area (Å²) in [5.74, 6) is -0.976. The Labute approximate surface area is 152 Å². The minimum absolute atomic E-state index is 0.00254. The lowest BCUT2D eigenvalue weighted by molar-refractivity contribution is -0.133. The topological polar surface area (TPSA) is 66.8 Å². The number of hydrogen-bond acceptors (Lipinski definition) is 4. The van der Waals surface area contributed by atoms with Crippen molar-refractivity contribution in [2.24, 2.45) is 0 Å². The van der Waals surface area contributed by atoms with Gasteiger partial charge in [-0.25, -0.2) is 4.79 Å². The van der Waals surface area contributed by atoms with Gasteiger partial charge in [-0.15, -0.1) is 0 Å². The van der Waals surface area contributed by atoms with Gasteiger partial charge >= 0.3 is 5.97 Å². The molecule has 2 aromatic rings. The molecule has 0 bridgehead atoms. The number of esters is 1. The molecule has 5 heteroatoms. The van der Waals surface area contributed by atoms with E-state index in [2.05, 4.69) is 0 Å². The van der Waals surface area contributed by atoms with Crippen LogP contribution in [-0.4, -0.2) is 30.0 Å². The Morgan fingerprint density at radius 1 is 1.19 bits per heavy atom. The molecule has 0 aliphatic heterocycles. The number of halogens is 1. The fraction of sp³-hybridized carbons (Fsp3) is 0.286. The first-order valence-electron chi connectivity index (χ1n) is 8.37. The number of hydrogen-bond donors (Lipinski definition) is 2. The standard InChI is InChI=1S/C21H23FO4/c1-13-12-17(16(10-7-11-22)19(23)14(13)2)20(24)18(21(25)26-3)15-8-5-4-6-9-15/h4-6,8-9,12,23-24H,7,10-11H2,1-3H3/b20-18+. The van der Waals surface area contributed by atoms with Crippen LogP contribution in [-0.2, 0) is 16.0 Å². The lowest BCUT2D eigenvalue weighted by Crippen LogP contribution is -2.09. The van der Waals surface area contributed by atoms with Gasteiger partial charge in [-0.3, -0.25) is 4.39 Å². The monoisotopic (exact) mass is 358 g/mol. The van der Waals surface area contributed by atoms with Crippen LogP contribution >= 0.6 is 0 Å². The number of aliphatic hydroxyl groups is 1. The van der Waals surface area contributed by atoms with E-state index in [9.17, 15) is 19.4 Å². The van der Waals surface area contributed by atoms with Crippen LogP contribution in [0, 0.1) is 13.8 Å². The number of alkyl halides is 1. The zero-order chi connectivity index (χ0) is 19.3. The molecule has 0 spiro atoms. The Hall–Kier alpha value is -2.82. The van der Waals surface area contributed by atoms with Crippen molar-refractivity contribution in [2.75, 3.05) is 13.8 Å². The number of methoxy groups -OCH3 is 1. The fourth-order valence-corrected chi connectivity index (χ4v) is 2.85. The zero-order valence-corrected chi connectivity index (χ0v) is 15.2. The molecule has 0 aliphatic rings. The highest BCUT2D eigenvalue weighted by Crippen LogP contribution is 2.36. The van der Waals surface area contributed by atoms with Crippen molar-refractivity contribution in [2.45, 2.75) is 26.7 Å². The van der Waals surface area contributed by atoms with Crippen molar-refractivity contribution in [1.82, 2.24) is 0 Å². The number of aromatic hydroxyl groups is 1. The fourth-order valence-electron chi connectivity index (χ4n) is 2.85. The number of benzene rings is 2. The van der Waals surface area contributed by atoms with Gasteiger partial charge in [0.2, 0.25) is 0 Å². The van der Waals surface area contributed by atoms with Gasteiger partial charge in [0.15, 0.2) is 0 Å². The van der Waals surface area contributed by atoms with E-state index in [4.69, 9.17) is 4.74 Å². The van der Waals surface area contributed by atoms with Gasteiger partial charge in [-0.1, -0.05) is 30.3 Å². The molecular formula is C21H23FO4. The first kappa shape index (κ1) is 19.5. The van der Waals surface area contributed by atoms with E-state index in [1.165, 1.54) is 7.11 Å². The SMILES string of the molecule is COC(=O)/C(=C(/O)c1cc(C)c(C)c(O)c1CCCF)c1ccccc1. The summed E-state index contributed by atoms with van der Waals surface area (Å²) in [6, 6.07) is 10.4. The first-order chi connectivity index (χ1) is 12.4. The van der Waals surface area contributed by atoms with Crippen LogP contribution in [0.5, 0.6) is 5.75 Å². The number of carbonyl (C=O) groups excluding carboxylic acids is 1. The van der Waals surface area contributed by atoms with E-state index >= 15 is 0 Å². The van der Waals surface area contributed by atoms with Gasteiger partial charge in [0.25, 0.3) is 0 Å². The van der Waals surface area contributed by atoms with Crippen LogP contribution in [0.2, 0.25) is 0 Å². The molecule has 2 aromatic carbocycles. The van der Waals surface area contributed by atoms with Crippen LogP contribution < -0.4 is 0 Å². The molecule has 4 nitrogen and oxygen atoms in total. The Bertz CT molecular complexity index is 826. The highest BCUT2D eigenvalue weighted by atomic mass is 19.1. The van der Waals surface area contributed by atoms with Crippen LogP contribution in [0.4, 0.5) is 4.39 Å². The van der Waals surface area contributed by atoms with Crippen molar-refractivity contribution in [3.63, 3.8) is 0 Å². The molecular weight excluding hydrogens is 335 g/mol. The maximum Gasteiger partial charge on any atom is 0.342 e. The molecule has 0 unspecified atom stereocenters. The lowest BCUT2D eigenvalue weighted by atomic mass is 9.91. The molecule has 26 heavy (non-hydrogen) atoms. The molecule has 0 saturated carbocycles. The van der Waals surface area contributed by atoms with E-state index in [1.54, 1.807) is 50.2 Å². The smallest absolute Gasteiger partial charge is 0.342 e. The van der Waals surface area contributed by atoms with Gasteiger partial charge in [0.05, 0.1) is 13.8 Å². The average Bonchev–Trinajstić information content (AvgIpc) is 2.66. The molecule has 0 amide bonds. The highest BCUT2D eigenvalue weighted by Gasteiger charge is 2.23. The van der Waals surface area contributed by atoms with Gasteiger partial charge in [0.1, 0.15) is 17.1 Å². The van der Waals surface area contributed by atoms with Gasteiger partial charge in [-0.2, -0.15) is 0 Å². The number of phenolic OH excluding ortho intramolecular Hbond substituents is 1. The lowest BCUT2D eigenvalue weighted by Gasteiger charge is -2.17. The molecule has 0 atom stereocenters. The number of rotatable bonds is 6. The van der Waals surface area contributed by atoms with Crippen LogP contribution in [0.1, 0.15) is 34.2 Å². The van der Waals surface area contributed by atoms with E-state index < -0.39 is 12.6 Å². The van der Waals surface area contributed by atoms with Crippen molar-refractivity contribution >= 4 is 17.3 Å². The molecule has 0 saturated heterocycles. The largest absolute Gasteiger partial charge is 0.507 e. The summed E-state index contributed by atoms with van der Waals surface area (Å²) >= 11 is 0. The third-order valence-electron chi connectivity index (χ3n) is 4.42. The van der Waals surface area contributed by atoms with Crippen molar-refractivity contribution in [3.8, 4) is 5.75 Å². The minimum atomic E-state index is -0.692. The van der Waals surface area contributed by atoms with Crippen molar-refractivity contribution < 1.29 is 24.1 Å². The second kappa shape index (κ2) is 8.52. The molecule has 0 radical (unpaired) electrons. The van der Waals surface area contributed by atoms with Gasteiger partial charge in [0, 0.05) is 11.1 Å². The van der Waals surface area contributed by atoms with Crippen LogP contribution in [0.15, 0.2) is 36.4 Å². The molecule has 0 heterocycles. The molecule has 2 rings (SSSR count). The second-order valence-electron chi connectivity index (χ2n) is 6.07. The predicted molar refractivity (Wildman–Crippen MR) is 99.8 cm³/mol. The van der Waals surface area contributed by atoms with Gasteiger partial charge in [-0.05, 0) is 49.4 Å². The van der Waals surface area contributed by atoms with Crippen molar-refractivity contribution in [3.05, 3.63) is 64.2 Å². The summed E-state index contributed by atoms with van der Waals surface area (Å²) in [6.45, 7) is 3.01. The Morgan fingerprint density at radius 3 is 2.42 bits per heavy atom. The summed E-state index contributed by atoms with van der Waals surface area (Å²) < 4.78 is 17.5. The molecule has 138 valence electrons. The average molecular weight is 358 g/mol. The highest BCUT2D eigenvalue weighted by molar-refractivity contribution is 6.23. The number of carbonyl (C=O) groups is 1.